The number of pyridine rings is 1. The molecule has 0 radical (unpaired) electrons. The number of amides is 1. The van der Waals surface area contributed by atoms with Gasteiger partial charge in [0, 0.05) is 24.6 Å². The van der Waals surface area contributed by atoms with Gasteiger partial charge in [0.15, 0.2) is 0 Å². The minimum atomic E-state index is -0.176. The van der Waals surface area contributed by atoms with Crippen LogP contribution in [0, 0.1) is 0 Å². The lowest BCUT2D eigenvalue weighted by molar-refractivity contribution is -0.114. The van der Waals surface area contributed by atoms with E-state index in [0.29, 0.717) is 22.6 Å². The van der Waals surface area contributed by atoms with Gasteiger partial charge in [-0.3, -0.25) is 9.78 Å². The Morgan fingerprint density at radius 3 is 2.61 bits per heavy atom. The molecule has 116 valence electrons. The van der Waals surface area contributed by atoms with E-state index in [1.165, 1.54) is 6.92 Å². The molecule has 0 aliphatic carbocycles. The number of carbonyl (C=O) groups is 1. The van der Waals surface area contributed by atoms with E-state index >= 15 is 0 Å². The number of carbonyl (C=O) groups excluding carboxylic acids is 1. The first-order valence-electron chi connectivity index (χ1n) is 7.20. The molecular formula is C18H17N3O2. The Balaban J connectivity index is 2.37. The quantitative estimate of drug-likeness (QED) is 0.727. The van der Waals surface area contributed by atoms with Crippen molar-refractivity contribution in [1.82, 2.24) is 4.98 Å². The average molecular weight is 307 g/mol. The van der Waals surface area contributed by atoms with Gasteiger partial charge in [-0.05, 0) is 17.2 Å². The number of nitrogens with two attached hydrogens (primary N) is 1. The minimum Gasteiger partial charge on any atom is -0.494 e. The number of fused-ring (bicyclic) bond motifs is 1. The largest absolute Gasteiger partial charge is 0.494 e. The molecule has 3 aromatic rings. The fourth-order valence-electron chi connectivity index (χ4n) is 2.65. The first-order valence-corrected chi connectivity index (χ1v) is 7.20. The van der Waals surface area contributed by atoms with E-state index in [1.807, 2.05) is 36.4 Å². The van der Waals surface area contributed by atoms with Crippen LogP contribution in [0.25, 0.3) is 22.0 Å². The van der Waals surface area contributed by atoms with Gasteiger partial charge in [-0.2, -0.15) is 0 Å². The van der Waals surface area contributed by atoms with Crippen LogP contribution in [0.15, 0.2) is 48.7 Å². The summed E-state index contributed by atoms with van der Waals surface area (Å²) >= 11 is 0. The smallest absolute Gasteiger partial charge is 0.221 e. The normalized spacial score (nSPS) is 10.5. The maximum absolute atomic E-state index is 11.5. The number of nitrogens with zero attached hydrogens (tertiary/aromatic N) is 1. The molecule has 2 aromatic carbocycles. The van der Waals surface area contributed by atoms with Crippen molar-refractivity contribution in [3.8, 4) is 16.9 Å². The van der Waals surface area contributed by atoms with Crippen molar-refractivity contribution in [3.63, 3.8) is 0 Å². The topological polar surface area (TPSA) is 77.2 Å². The van der Waals surface area contributed by atoms with Crippen molar-refractivity contribution >= 4 is 28.2 Å². The Labute approximate surface area is 134 Å². The number of hydrogen-bond donors (Lipinski definition) is 2. The molecule has 1 heterocycles. The van der Waals surface area contributed by atoms with Gasteiger partial charge in [-0.15, -0.1) is 0 Å². The highest BCUT2D eigenvalue weighted by Gasteiger charge is 2.16. The summed E-state index contributed by atoms with van der Waals surface area (Å²) in [5.41, 5.74) is 9.98. The van der Waals surface area contributed by atoms with E-state index in [2.05, 4.69) is 10.3 Å². The Morgan fingerprint density at radius 1 is 1.22 bits per heavy atom. The highest BCUT2D eigenvalue weighted by atomic mass is 16.5. The highest BCUT2D eigenvalue weighted by molar-refractivity contribution is 6.11. The lowest BCUT2D eigenvalue weighted by Gasteiger charge is -2.15. The van der Waals surface area contributed by atoms with Crippen LogP contribution in [0.2, 0.25) is 0 Å². The summed E-state index contributed by atoms with van der Waals surface area (Å²) in [4.78, 5) is 15.9. The van der Waals surface area contributed by atoms with Crippen LogP contribution in [0.3, 0.4) is 0 Å². The second-order valence-corrected chi connectivity index (χ2v) is 5.17. The average Bonchev–Trinajstić information content (AvgIpc) is 2.57. The Bertz CT molecular complexity index is 876. The first kappa shape index (κ1) is 14.8. The van der Waals surface area contributed by atoms with Crippen molar-refractivity contribution < 1.29 is 9.53 Å². The first-order chi connectivity index (χ1) is 11.1. The van der Waals surface area contributed by atoms with E-state index in [0.717, 1.165) is 16.5 Å². The van der Waals surface area contributed by atoms with Crippen LogP contribution in [0.4, 0.5) is 11.4 Å². The molecule has 5 nitrogen and oxygen atoms in total. The molecule has 0 spiro atoms. The standard InChI is InChI=1S/C18H17N3O2/c1-11(22)21-14-10-15(23-2)17(19)16-13(8-9-20-18(14)16)12-6-4-3-5-7-12/h3-10H,19H2,1-2H3,(H,21,22). The van der Waals surface area contributed by atoms with Gasteiger partial charge in [0.05, 0.1) is 24.0 Å². The molecule has 0 aliphatic heterocycles. The number of hydrogen-bond acceptors (Lipinski definition) is 4. The number of ether oxygens (including phenoxy) is 1. The summed E-state index contributed by atoms with van der Waals surface area (Å²) in [5.74, 6) is 0.330. The van der Waals surface area contributed by atoms with Gasteiger partial charge >= 0.3 is 0 Å². The summed E-state index contributed by atoms with van der Waals surface area (Å²) in [7, 11) is 1.55. The third-order valence-corrected chi connectivity index (χ3v) is 3.63. The maximum atomic E-state index is 11.5. The molecule has 0 saturated carbocycles. The number of aromatic nitrogens is 1. The molecule has 0 saturated heterocycles. The van der Waals surface area contributed by atoms with Gasteiger partial charge in [0.1, 0.15) is 5.75 Å². The zero-order chi connectivity index (χ0) is 16.4. The van der Waals surface area contributed by atoms with E-state index in [4.69, 9.17) is 10.5 Å². The molecule has 3 rings (SSSR count). The molecule has 0 bridgehead atoms. The predicted molar refractivity (Wildman–Crippen MR) is 92.4 cm³/mol. The SMILES string of the molecule is COc1cc(NC(C)=O)c2nccc(-c3ccccc3)c2c1N. The van der Waals surface area contributed by atoms with Crippen LogP contribution in [0.5, 0.6) is 5.75 Å². The second-order valence-electron chi connectivity index (χ2n) is 5.17. The van der Waals surface area contributed by atoms with Crippen LogP contribution in [0.1, 0.15) is 6.92 Å². The Kier molecular flexibility index (Phi) is 3.85. The molecule has 1 amide bonds. The zero-order valence-electron chi connectivity index (χ0n) is 13.0. The monoisotopic (exact) mass is 307 g/mol. The third kappa shape index (κ3) is 2.68. The van der Waals surface area contributed by atoms with Gasteiger partial charge in [-0.1, -0.05) is 30.3 Å². The van der Waals surface area contributed by atoms with E-state index in [1.54, 1.807) is 19.4 Å². The van der Waals surface area contributed by atoms with Crippen LogP contribution < -0.4 is 15.8 Å². The molecular weight excluding hydrogens is 290 g/mol. The van der Waals surface area contributed by atoms with Crippen LogP contribution in [-0.2, 0) is 4.79 Å². The molecule has 5 heteroatoms. The van der Waals surface area contributed by atoms with E-state index in [9.17, 15) is 4.79 Å². The fourth-order valence-corrected chi connectivity index (χ4v) is 2.65. The van der Waals surface area contributed by atoms with Crippen LogP contribution in [-0.4, -0.2) is 18.0 Å². The number of benzene rings is 2. The number of nitrogens with one attached hydrogen (secondary N) is 1. The minimum absolute atomic E-state index is 0.176. The lowest BCUT2D eigenvalue weighted by Crippen LogP contribution is -2.08. The summed E-state index contributed by atoms with van der Waals surface area (Å²) in [6.07, 6.45) is 1.71. The summed E-state index contributed by atoms with van der Waals surface area (Å²) in [6, 6.07) is 13.5. The van der Waals surface area contributed by atoms with Gasteiger partial charge < -0.3 is 15.8 Å². The lowest BCUT2D eigenvalue weighted by atomic mass is 9.99. The maximum Gasteiger partial charge on any atom is 0.221 e. The van der Waals surface area contributed by atoms with Crippen LogP contribution >= 0.6 is 0 Å². The number of anilines is 2. The summed E-state index contributed by atoms with van der Waals surface area (Å²) in [6.45, 7) is 1.45. The summed E-state index contributed by atoms with van der Waals surface area (Å²) in [5, 5.41) is 3.56. The Morgan fingerprint density at radius 2 is 1.96 bits per heavy atom. The van der Waals surface area contributed by atoms with Gasteiger partial charge in [0.25, 0.3) is 0 Å². The van der Waals surface area contributed by atoms with Crippen molar-refractivity contribution in [2.45, 2.75) is 6.92 Å². The number of methoxy groups -OCH3 is 1. The Hall–Kier alpha value is -3.08. The van der Waals surface area contributed by atoms with Crippen molar-refractivity contribution in [2.24, 2.45) is 0 Å². The number of nitrogen functional groups attached to an aromatic ring is 1. The van der Waals surface area contributed by atoms with Gasteiger partial charge in [0.2, 0.25) is 5.91 Å². The molecule has 0 fully saturated rings. The zero-order valence-corrected chi connectivity index (χ0v) is 13.0. The predicted octanol–water partition coefficient (Wildman–Crippen LogP) is 3.45. The third-order valence-electron chi connectivity index (χ3n) is 3.63. The molecule has 0 unspecified atom stereocenters. The molecule has 1 aromatic heterocycles. The molecule has 23 heavy (non-hydrogen) atoms. The van der Waals surface area contributed by atoms with Crippen molar-refractivity contribution in [1.29, 1.82) is 0 Å². The van der Waals surface area contributed by atoms with E-state index in [-0.39, 0.29) is 5.91 Å². The molecule has 0 aliphatic rings. The number of rotatable bonds is 3. The summed E-state index contributed by atoms with van der Waals surface area (Å²) < 4.78 is 5.36. The fraction of sp³-hybridized carbons (Fsp3) is 0.111. The van der Waals surface area contributed by atoms with Crippen molar-refractivity contribution in [2.75, 3.05) is 18.2 Å². The van der Waals surface area contributed by atoms with Gasteiger partial charge in [-0.25, -0.2) is 0 Å². The van der Waals surface area contributed by atoms with Crippen molar-refractivity contribution in [3.05, 3.63) is 48.7 Å². The molecule has 3 N–H and O–H groups in total. The second kappa shape index (κ2) is 5.96. The highest BCUT2D eigenvalue weighted by Crippen LogP contribution is 2.40. The van der Waals surface area contributed by atoms with E-state index < -0.39 is 0 Å². The molecule has 0 atom stereocenters.